The first-order valence-electron chi connectivity index (χ1n) is 5.16. The average molecular weight is 231 g/mol. The van der Waals surface area contributed by atoms with Gasteiger partial charge in [0.25, 0.3) is 0 Å². The molecule has 2 rings (SSSR count). The Kier molecular flexibility index (Phi) is 3.42. The van der Waals surface area contributed by atoms with Crippen molar-refractivity contribution in [2.45, 2.75) is 44.6 Å². The molecule has 0 spiro atoms. The molecule has 78 valence electrons. The van der Waals surface area contributed by atoms with Crippen LogP contribution in [0.5, 0.6) is 0 Å². The van der Waals surface area contributed by atoms with E-state index in [0.29, 0.717) is 17.6 Å². The number of aromatic nitrogens is 1. The number of nitrogens with zero attached hydrogens (tertiary/aromatic N) is 1. The lowest BCUT2D eigenvalue weighted by molar-refractivity contribution is 0.442. The molecule has 1 aliphatic rings. The second kappa shape index (κ2) is 4.60. The zero-order valence-electron chi connectivity index (χ0n) is 8.13. The summed E-state index contributed by atoms with van der Waals surface area (Å²) in [5.74, 6) is 0.645. The van der Waals surface area contributed by atoms with E-state index >= 15 is 0 Å². The lowest BCUT2D eigenvalue weighted by Crippen LogP contribution is -2.03. The van der Waals surface area contributed by atoms with Gasteiger partial charge in [0.15, 0.2) is 0 Å². The summed E-state index contributed by atoms with van der Waals surface area (Å²) in [6.07, 6.45) is 6.58. The summed E-state index contributed by atoms with van der Waals surface area (Å²) in [5.41, 5.74) is 5.58. The van der Waals surface area contributed by atoms with Crippen LogP contribution in [0, 0.1) is 0 Å². The molecule has 0 atom stereocenters. The third kappa shape index (κ3) is 2.10. The molecule has 0 amide bonds. The molecule has 1 fully saturated rings. The van der Waals surface area contributed by atoms with Gasteiger partial charge in [0, 0.05) is 12.5 Å². The van der Waals surface area contributed by atoms with Gasteiger partial charge < -0.3 is 5.73 Å². The van der Waals surface area contributed by atoms with Crippen LogP contribution in [0.4, 0.5) is 0 Å². The highest BCUT2D eigenvalue weighted by molar-refractivity contribution is 7.12. The summed E-state index contributed by atoms with van der Waals surface area (Å²) in [5, 5.41) is 1.83. The van der Waals surface area contributed by atoms with E-state index in [1.165, 1.54) is 37.1 Å². The van der Waals surface area contributed by atoms with E-state index in [4.69, 9.17) is 17.3 Å². The van der Waals surface area contributed by atoms with Gasteiger partial charge in [-0.15, -0.1) is 11.3 Å². The zero-order valence-corrected chi connectivity index (χ0v) is 9.70. The molecular formula is C10H15ClN2S. The molecule has 1 aliphatic carbocycles. The number of hydrogen-bond acceptors (Lipinski definition) is 3. The number of hydrogen-bond donors (Lipinski definition) is 1. The predicted octanol–water partition coefficient (Wildman–Crippen LogP) is 3.30. The Bertz CT molecular complexity index is 305. The quantitative estimate of drug-likeness (QED) is 0.847. The van der Waals surface area contributed by atoms with E-state index in [2.05, 4.69) is 4.98 Å². The number of thiazole rings is 1. The number of nitrogens with two attached hydrogens (primary N) is 1. The fourth-order valence-corrected chi connectivity index (χ4v) is 3.34. The summed E-state index contributed by atoms with van der Waals surface area (Å²) in [7, 11) is 0. The van der Waals surface area contributed by atoms with Crippen LogP contribution in [0.2, 0.25) is 5.15 Å². The molecule has 0 aromatic carbocycles. The largest absolute Gasteiger partial charge is 0.326 e. The van der Waals surface area contributed by atoms with Gasteiger partial charge in [-0.1, -0.05) is 30.9 Å². The average Bonchev–Trinajstić information content (AvgIpc) is 2.61. The molecule has 4 heteroatoms. The van der Waals surface area contributed by atoms with Crippen molar-refractivity contribution in [2.75, 3.05) is 0 Å². The topological polar surface area (TPSA) is 38.9 Å². The Balaban J connectivity index is 2.14. The van der Waals surface area contributed by atoms with Gasteiger partial charge in [-0.05, 0) is 12.8 Å². The highest BCUT2D eigenvalue weighted by Crippen LogP contribution is 2.36. The maximum Gasteiger partial charge on any atom is 0.144 e. The summed E-state index contributed by atoms with van der Waals surface area (Å²) in [4.78, 5) is 5.44. The van der Waals surface area contributed by atoms with Crippen molar-refractivity contribution in [3.05, 3.63) is 15.0 Å². The minimum Gasteiger partial charge on any atom is -0.326 e. The van der Waals surface area contributed by atoms with Gasteiger partial charge in [0.2, 0.25) is 0 Å². The molecule has 2 N–H and O–H groups in total. The first-order valence-corrected chi connectivity index (χ1v) is 6.36. The van der Waals surface area contributed by atoms with Crippen molar-refractivity contribution >= 4 is 22.9 Å². The van der Waals surface area contributed by atoms with Gasteiger partial charge in [-0.3, -0.25) is 0 Å². The van der Waals surface area contributed by atoms with Crippen LogP contribution in [0.25, 0.3) is 0 Å². The number of halogens is 1. The van der Waals surface area contributed by atoms with Crippen molar-refractivity contribution in [3.8, 4) is 0 Å². The van der Waals surface area contributed by atoms with Crippen molar-refractivity contribution in [1.29, 1.82) is 0 Å². The maximum atomic E-state index is 5.98. The van der Waals surface area contributed by atoms with Gasteiger partial charge >= 0.3 is 0 Å². The first-order chi connectivity index (χ1) is 6.81. The van der Waals surface area contributed by atoms with E-state index in [-0.39, 0.29) is 0 Å². The van der Waals surface area contributed by atoms with E-state index in [9.17, 15) is 0 Å². The zero-order chi connectivity index (χ0) is 9.97. The van der Waals surface area contributed by atoms with Crippen molar-refractivity contribution in [2.24, 2.45) is 5.73 Å². The summed E-state index contributed by atoms with van der Waals surface area (Å²) < 4.78 is 0. The van der Waals surface area contributed by atoms with Crippen LogP contribution in [0.1, 0.15) is 47.9 Å². The van der Waals surface area contributed by atoms with Crippen molar-refractivity contribution < 1.29 is 0 Å². The highest BCUT2D eigenvalue weighted by atomic mass is 35.5. The van der Waals surface area contributed by atoms with Gasteiger partial charge in [0.1, 0.15) is 5.15 Å². The molecule has 0 unspecified atom stereocenters. The minimum atomic E-state index is 0.517. The third-order valence-corrected chi connectivity index (χ3v) is 4.47. The molecular weight excluding hydrogens is 216 g/mol. The maximum absolute atomic E-state index is 5.98. The monoisotopic (exact) mass is 230 g/mol. The molecule has 1 heterocycles. The van der Waals surface area contributed by atoms with Crippen LogP contribution in [0.15, 0.2) is 0 Å². The molecule has 1 aromatic heterocycles. The van der Waals surface area contributed by atoms with Gasteiger partial charge in [0.05, 0.1) is 9.88 Å². The van der Waals surface area contributed by atoms with E-state index in [0.717, 1.165) is 4.88 Å². The Morgan fingerprint density at radius 1 is 1.36 bits per heavy atom. The SMILES string of the molecule is NCc1sc(C2CCCCC2)nc1Cl. The van der Waals surface area contributed by atoms with Crippen LogP contribution < -0.4 is 5.73 Å². The van der Waals surface area contributed by atoms with Crippen LogP contribution in [-0.4, -0.2) is 4.98 Å². The predicted molar refractivity (Wildman–Crippen MR) is 60.8 cm³/mol. The van der Waals surface area contributed by atoms with Crippen LogP contribution in [0.3, 0.4) is 0 Å². The second-order valence-electron chi connectivity index (χ2n) is 3.81. The minimum absolute atomic E-state index is 0.517. The van der Waals surface area contributed by atoms with E-state index < -0.39 is 0 Å². The second-order valence-corrected chi connectivity index (χ2v) is 5.28. The summed E-state index contributed by atoms with van der Waals surface area (Å²) in [6.45, 7) is 0.517. The Hall–Kier alpha value is -0.120. The molecule has 14 heavy (non-hydrogen) atoms. The van der Waals surface area contributed by atoms with Crippen LogP contribution >= 0.6 is 22.9 Å². The lowest BCUT2D eigenvalue weighted by atomic mass is 9.90. The normalized spacial score (nSPS) is 18.7. The van der Waals surface area contributed by atoms with E-state index in [1.807, 2.05) is 0 Å². The van der Waals surface area contributed by atoms with Crippen molar-refractivity contribution in [3.63, 3.8) is 0 Å². The third-order valence-electron chi connectivity index (χ3n) is 2.81. The molecule has 1 aromatic rings. The highest BCUT2D eigenvalue weighted by Gasteiger charge is 2.20. The van der Waals surface area contributed by atoms with Gasteiger partial charge in [-0.25, -0.2) is 4.98 Å². The molecule has 2 nitrogen and oxygen atoms in total. The first kappa shape index (κ1) is 10.4. The Labute approximate surface area is 93.5 Å². The smallest absolute Gasteiger partial charge is 0.144 e. The van der Waals surface area contributed by atoms with Crippen LogP contribution in [-0.2, 0) is 6.54 Å². The Morgan fingerprint density at radius 3 is 2.64 bits per heavy atom. The molecule has 0 saturated heterocycles. The Morgan fingerprint density at radius 2 is 2.07 bits per heavy atom. The molecule has 1 saturated carbocycles. The lowest BCUT2D eigenvalue weighted by Gasteiger charge is -2.18. The number of rotatable bonds is 2. The molecule has 0 bridgehead atoms. The van der Waals surface area contributed by atoms with E-state index in [1.54, 1.807) is 11.3 Å². The van der Waals surface area contributed by atoms with Crippen molar-refractivity contribution in [1.82, 2.24) is 4.98 Å². The fourth-order valence-electron chi connectivity index (χ4n) is 2.00. The van der Waals surface area contributed by atoms with Gasteiger partial charge in [-0.2, -0.15) is 0 Å². The summed E-state index contributed by atoms with van der Waals surface area (Å²) in [6, 6.07) is 0. The summed E-state index contributed by atoms with van der Waals surface area (Å²) >= 11 is 7.68. The molecule has 0 aliphatic heterocycles. The fraction of sp³-hybridized carbons (Fsp3) is 0.700. The molecule has 0 radical (unpaired) electrons. The standard InChI is InChI=1S/C10H15ClN2S/c11-9-8(6-12)14-10(13-9)7-4-2-1-3-5-7/h7H,1-6,12H2.